The van der Waals surface area contributed by atoms with Gasteiger partial charge < -0.3 is 10.1 Å². The van der Waals surface area contributed by atoms with Crippen molar-refractivity contribution in [1.82, 2.24) is 5.32 Å². The van der Waals surface area contributed by atoms with Crippen LogP contribution in [0.15, 0.2) is 30.3 Å². The van der Waals surface area contributed by atoms with Crippen molar-refractivity contribution in [2.24, 2.45) is 0 Å². The molecule has 94 valence electrons. The predicted molar refractivity (Wildman–Crippen MR) is 69.0 cm³/mol. The molecule has 1 saturated heterocycles. The summed E-state index contributed by atoms with van der Waals surface area (Å²) < 4.78 is 4.40. The Morgan fingerprint density at radius 2 is 2.00 bits per heavy atom. The second-order valence-corrected chi connectivity index (χ2v) is 4.01. The summed E-state index contributed by atoms with van der Waals surface area (Å²) in [7, 11) is 0. The number of rotatable bonds is 4. The van der Waals surface area contributed by atoms with E-state index in [1.807, 2.05) is 0 Å². The van der Waals surface area contributed by atoms with Crippen LogP contribution in [0, 0.1) is 0 Å². The Morgan fingerprint density at radius 1 is 1.24 bits per heavy atom. The number of carbonyl (C=O) groups is 1. The summed E-state index contributed by atoms with van der Waals surface area (Å²) in [6.45, 7) is 3.43. The zero-order valence-electron chi connectivity index (χ0n) is 10.4. The van der Waals surface area contributed by atoms with Crippen molar-refractivity contribution in [3.05, 3.63) is 35.9 Å². The van der Waals surface area contributed by atoms with Crippen molar-refractivity contribution in [1.29, 1.82) is 0 Å². The van der Waals surface area contributed by atoms with Gasteiger partial charge in [-0.15, -0.1) is 0 Å². The highest BCUT2D eigenvalue weighted by atomic mass is 16.6. The second kappa shape index (κ2) is 8.62. The molecule has 1 aromatic carbocycles. The minimum atomic E-state index is -0.296. The molecule has 1 aromatic rings. The standard InChI is InChI=1S/C11H16.C3H5NO2/c1-2-3-5-8-11-9-6-4-7-10-11;5-3-4-1-2-6-3/h4,6-7,9-10H,2-3,5,8H2,1H3;1-2H2,(H,4,5). The highest BCUT2D eigenvalue weighted by molar-refractivity contribution is 5.68. The Kier molecular flexibility index (Phi) is 6.87. The molecule has 0 saturated carbocycles. The lowest BCUT2D eigenvalue weighted by molar-refractivity contribution is 0.178. The number of unbranched alkanes of at least 4 members (excludes halogenated alkanes) is 2. The molecular formula is C14H21NO2. The van der Waals surface area contributed by atoms with Gasteiger partial charge in [0.05, 0.1) is 6.54 Å². The van der Waals surface area contributed by atoms with Gasteiger partial charge in [0.25, 0.3) is 0 Å². The Bertz CT molecular complexity index is 303. The van der Waals surface area contributed by atoms with Crippen LogP contribution in [-0.2, 0) is 11.2 Å². The molecule has 0 atom stereocenters. The quantitative estimate of drug-likeness (QED) is 0.814. The first-order valence-corrected chi connectivity index (χ1v) is 6.27. The van der Waals surface area contributed by atoms with E-state index < -0.39 is 0 Å². The van der Waals surface area contributed by atoms with Gasteiger partial charge >= 0.3 is 6.09 Å². The lowest BCUT2D eigenvalue weighted by Gasteiger charge is -1.98. The van der Waals surface area contributed by atoms with Gasteiger partial charge in [-0.25, -0.2) is 4.79 Å². The first kappa shape index (κ1) is 13.6. The maximum Gasteiger partial charge on any atom is 0.407 e. The number of hydrogen-bond donors (Lipinski definition) is 1. The number of cyclic esters (lactones) is 1. The van der Waals surface area contributed by atoms with Crippen LogP contribution >= 0.6 is 0 Å². The smallest absolute Gasteiger partial charge is 0.407 e. The van der Waals surface area contributed by atoms with Gasteiger partial charge in [-0.2, -0.15) is 0 Å². The van der Waals surface area contributed by atoms with E-state index in [0.717, 1.165) is 0 Å². The van der Waals surface area contributed by atoms with Gasteiger partial charge in [-0.3, -0.25) is 0 Å². The van der Waals surface area contributed by atoms with Crippen molar-refractivity contribution >= 4 is 6.09 Å². The first-order chi connectivity index (χ1) is 8.33. The topological polar surface area (TPSA) is 38.3 Å². The van der Waals surface area contributed by atoms with Crippen molar-refractivity contribution in [3.8, 4) is 0 Å². The first-order valence-electron chi connectivity index (χ1n) is 6.27. The number of amides is 1. The average Bonchev–Trinajstić information content (AvgIpc) is 2.83. The zero-order chi connectivity index (χ0) is 12.3. The normalized spacial score (nSPS) is 13.4. The van der Waals surface area contributed by atoms with E-state index in [4.69, 9.17) is 0 Å². The summed E-state index contributed by atoms with van der Waals surface area (Å²) in [6, 6.07) is 10.7. The summed E-state index contributed by atoms with van der Waals surface area (Å²) in [6.07, 6.45) is 4.95. The maximum absolute atomic E-state index is 9.91. The highest BCUT2D eigenvalue weighted by Crippen LogP contribution is 2.05. The largest absolute Gasteiger partial charge is 0.448 e. The van der Waals surface area contributed by atoms with Crippen molar-refractivity contribution < 1.29 is 9.53 Å². The van der Waals surface area contributed by atoms with Gasteiger partial charge in [0.15, 0.2) is 0 Å². The monoisotopic (exact) mass is 235 g/mol. The molecule has 3 nitrogen and oxygen atoms in total. The Hall–Kier alpha value is -1.51. The van der Waals surface area contributed by atoms with Crippen molar-refractivity contribution in [2.45, 2.75) is 32.6 Å². The molecule has 0 spiro atoms. The number of nitrogens with one attached hydrogen (secondary N) is 1. The summed E-state index contributed by atoms with van der Waals surface area (Å²) in [5.74, 6) is 0. The van der Waals surface area contributed by atoms with Gasteiger partial charge in [0.1, 0.15) is 6.61 Å². The second-order valence-electron chi connectivity index (χ2n) is 4.01. The summed E-state index contributed by atoms with van der Waals surface area (Å²) in [5.41, 5.74) is 1.47. The van der Waals surface area contributed by atoms with E-state index in [0.29, 0.717) is 13.2 Å². The van der Waals surface area contributed by atoms with Crippen LogP contribution in [0.5, 0.6) is 0 Å². The van der Waals surface area contributed by atoms with Crippen LogP contribution in [0.3, 0.4) is 0 Å². The summed E-state index contributed by atoms with van der Waals surface area (Å²) >= 11 is 0. The predicted octanol–water partition coefficient (Wildman–Crippen LogP) is 3.15. The Labute approximate surface area is 103 Å². The molecule has 17 heavy (non-hydrogen) atoms. The third kappa shape index (κ3) is 6.61. The number of benzene rings is 1. The minimum Gasteiger partial charge on any atom is -0.448 e. The number of alkyl carbamates (subject to hydrolysis) is 1. The lowest BCUT2D eigenvalue weighted by Crippen LogP contribution is -2.11. The molecule has 0 aliphatic carbocycles. The van der Waals surface area contributed by atoms with E-state index in [1.165, 1.54) is 31.2 Å². The third-order valence-electron chi connectivity index (χ3n) is 2.52. The van der Waals surface area contributed by atoms with Crippen molar-refractivity contribution in [3.63, 3.8) is 0 Å². The van der Waals surface area contributed by atoms with Gasteiger partial charge in [-0.05, 0) is 18.4 Å². The van der Waals surface area contributed by atoms with Crippen molar-refractivity contribution in [2.75, 3.05) is 13.2 Å². The molecule has 0 bridgehead atoms. The van der Waals surface area contributed by atoms with Gasteiger partial charge in [0.2, 0.25) is 0 Å². The molecule has 1 aliphatic heterocycles. The molecule has 1 N–H and O–H groups in total. The number of hydrogen-bond acceptors (Lipinski definition) is 2. The fourth-order valence-electron chi connectivity index (χ4n) is 1.57. The molecule has 1 aliphatic rings. The molecule has 0 radical (unpaired) electrons. The van der Waals surface area contributed by atoms with Crippen LogP contribution in [0.2, 0.25) is 0 Å². The molecule has 1 fully saturated rings. The molecule has 0 aromatic heterocycles. The molecule has 3 heteroatoms. The maximum atomic E-state index is 9.91. The lowest BCUT2D eigenvalue weighted by atomic mass is 10.1. The van der Waals surface area contributed by atoms with Crippen LogP contribution in [0.25, 0.3) is 0 Å². The Morgan fingerprint density at radius 3 is 2.47 bits per heavy atom. The molecule has 1 amide bonds. The number of carbonyl (C=O) groups excluding carboxylic acids is 1. The molecule has 0 unspecified atom stereocenters. The molecule has 1 heterocycles. The number of aryl methyl sites for hydroxylation is 1. The fourth-order valence-corrected chi connectivity index (χ4v) is 1.57. The molecular weight excluding hydrogens is 214 g/mol. The Balaban J connectivity index is 0.000000202. The SMILES string of the molecule is CCCCCc1ccccc1.O=C1NCCO1. The molecule has 2 rings (SSSR count). The van der Waals surface area contributed by atoms with E-state index in [1.54, 1.807) is 0 Å². The average molecular weight is 235 g/mol. The highest BCUT2D eigenvalue weighted by Gasteiger charge is 2.06. The van der Waals surface area contributed by atoms with Gasteiger partial charge in [0, 0.05) is 0 Å². The van der Waals surface area contributed by atoms with Crippen LogP contribution < -0.4 is 5.32 Å². The van der Waals surface area contributed by atoms with Crippen LogP contribution in [0.4, 0.5) is 4.79 Å². The minimum absolute atomic E-state index is 0.296. The fraction of sp³-hybridized carbons (Fsp3) is 0.500. The van der Waals surface area contributed by atoms with E-state index in [2.05, 4.69) is 47.3 Å². The van der Waals surface area contributed by atoms with Crippen LogP contribution in [-0.4, -0.2) is 19.2 Å². The zero-order valence-corrected chi connectivity index (χ0v) is 10.4. The number of ether oxygens (including phenoxy) is 1. The summed E-state index contributed by atoms with van der Waals surface area (Å²) in [5, 5.41) is 2.46. The summed E-state index contributed by atoms with van der Waals surface area (Å²) in [4.78, 5) is 9.91. The third-order valence-corrected chi connectivity index (χ3v) is 2.52. The van der Waals surface area contributed by atoms with Gasteiger partial charge in [-0.1, -0.05) is 50.1 Å². The van der Waals surface area contributed by atoms with Crippen LogP contribution in [0.1, 0.15) is 31.7 Å². The van der Waals surface area contributed by atoms with E-state index in [9.17, 15) is 4.79 Å². The van der Waals surface area contributed by atoms with E-state index >= 15 is 0 Å². The van der Waals surface area contributed by atoms with E-state index in [-0.39, 0.29) is 6.09 Å².